The molecule has 0 fully saturated rings. The number of aryl methyl sites for hydroxylation is 1. The summed E-state index contributed by atoms with van der Waals surface area (Å²) in [7, 11) is 0. The molecule has 106 valence electrons. The maximum Gasteiger partial charge on any atom is 0.133 e. The van der Waals surface area contributed by atoms with Crippen molar-refractivity contribution in [1.29, 1.82) is 0 Å². The number of alkyl halides is 1. The molecule has 0 radical (unpaired) electrons. The van der Waals surface area contributed by atoms with Gasteiger partial charge in [-0.2, -0.15) is 0 Å². The lowest BCUT2D eigenvalue weighted by molar-refractivity contribution is 0.473. The van der Waals surface area contributed by atoms with Crippen molar-refractivity contribution in [3.63, 3.8) is 0 Å². The molecule has 0 amide bonds. The highest BCUT2D eigenvalue weighted by Gasteiger charge is 2.09. The topological polar surface area (TPSA) is 9.23 Å². The molecule has 1 nitrogen and oxygen atoms in total. The Hall–Kier alpha value is -1.18. The van der Waals surface area contributed by atoms with Crippen molar-refractivity contribution in [2.45, 2.75) is 32.6 Å². The molecule has 2 aromatic rings. The van der Waals surface area contributed by atoms with E-state index in [1.165, 1.54) is 5.56 Å². The lowest BCUT2D eigenvalue weighted by Crippen LogP contribution is -1.94. The molecule has 0 N–H and O–H groups in total. The van der Waals surface area contributed by atoms with E-state index in [0.29, 0.717) is 16.8 Å². The van der Waals surface area contributed by atoms with Gasteiger partial charge in [0.1, 0.15) is 11.5 Å². The minimum Gasteiger partial charge on any atom is -0.457 e. The molecular weight excluding hydrogens is 291 g/mol. The zero-order valence-electron chi connectivity index (χ0n) is 11.9. The molecule has 0 heterocycles. The summed E-state index contributed by atoms with van der Waals surface area (Å²) in [6.07, 6.45) is 0. The average Bonchev–Trinajstić information content (AvgIpc) is 2.41. The van der Waals surface area contributed by atoms with E-state index in [1.54, 1.807) is 6.07 Å². The number of hydrogen-bond donors (Lipinski definition) is 0. The molecule has 0 aliphatic rings. The van der Waals surface area contributed by atoms with Crippen molar-refractivity contribution >= 4 is 23.2 Å². The molecule has 0 bridgehead atoms. The summed E-state index contributed by atoms with van der Waals surface area (Å²) >= 11 is 12.0. The molecule has 2 rings (SSSR count). The summed E-state index contributed by atoms with van der Waals surface area (Å²) in [4.78, 5) is 0. The van der Waals surface area contributed by atoms with Crippen LogP contribution in [0.3, 0.4) is 0 Å². The van der Waals surface area contributed by atoms with Crippen LogP contribution in [-0.4, -0.2) is 0 Å². The highest BCUT2D eigenvalue weighted by atomic mass is 35.5. The van der Waals surface area contributed by atoms with E-state index in [4.69, 9.17) is 27.9 Å². The summed E-state index contributed by atoms with van der Waals surface area (Å²) in [6.45, 7) is 6.36. The highest BCUT2D eigenvalue weighted by Crippen LogP contribution is 2.33. The zero-order valence-corrected chi connectivity index (χ0v) is 13.4. The van der Waals surface area contributed by atoms with Crippen LogP contribution in [0, 0.1) is 6.92 Å². The maximum atomic E-state index is 6.04. The van der Waals surface area contributed by atoms with Crippen molar-refractivity contribution in [2.75, 3.05) is 0 Å². The van der Waals surface area contributed by atoms with Gasteiger partial charge in [-0.1, -0.05) is 43.6 Å². The molecule has 0 spiro atoms. The Balaban J connectivity index is 2.39. The number of benzene rings is 2. The molecule has 0 atom stereocenters. The van der Waals surface area contributed by atoms with Gasteiger partial charge in [0.05, 0.1) is 5.88 Å². The van der Waals surface area contributed by atoms with Crippen LogP contribution >= 0.6 is 23.2 Å². The van der Waals surface area contributed by atoms with Crippen molar-refractivity contribution in [3.8, 4) is 11.5 Å². The Morgan fingerprint density at radius 3 is 2.45 bits per heavy atom. The molecule has 2 aromatic carbocycles. The third-order valence-corrected chi connectivity index (χ3v) is 3.79. The molecule has 0 saturated heterocycles. The molecule has 0 aromatic heterocycles. The van der Waals surface area contributed by atoms with Crippen LogP contribution in [0.15, 0.2) is 36.4 Å². The summed E-state index contributed by atoms with van der Waals surface area (Å²) < 4.78 is 6.03. The smallest absolute Gasteiger partial charge is 0.133 e. The fourth-order valence-electron chi connectivity index (χ4n) is 1.94. The molecule has 0 aliphatic heterocycles. The van der Waals surface area contributed by atoms with Gasteiger partial charge in [0.2, 0.25) is 0 Å². The third kappa shape index (κ3) is 3.47. The van der Waals surface area contributed by atoms with E-state index in [9.17, 15) is 0 Å². The van der Waals surface area contributed by atoms with E-state index >= 15 is 0 Å². The van der Waals surface area contributed by atoms with Crippen LogP contribution in [0.2, 0.25) is 5.02 Å². The standard InChI is InChI=1S/C17H18Cl2O/c1-11(2)13-5-4-12(3)16(8-13)20-17-9-15(19)7-6-14(17)10-18/h4-9,11H,10H2,1-3H3. The first kappa shape index (κ1) is 15.2. The van der Waals surface area contributed by atoms with Gasteiger partial charge in [-0.25, -0.2) is 0 Å². The first-order chi connectivity index (χ1) is 9.51. The van der Waals surface area contributed by atoms with Crippen molar-refractivity contribution in [1.82, 2.24) is 0 Å². The van der Waals surface area contributed by atoms with E-state index < -0.39 is 0 Å². The predicted molar refractivity (Wildman–Crippen MR) is 86.4 cm³/mol. The normalized spacial score (nSPS) is 10.9. The van der Waals surface area contributed by atoms with Crippen molar-refractivity contribution in [3.05, 3.63) is 58.1 Å². The van der Waals surface area contributed by atoms with E-state index in [0.717, 1.165) is 22.6 Å². The number of ether oxygens (including phenoxy) is 1. The van der Waals surface area contributed by atoms with Gasteiger partial charge < -0.3 is 4.74 Å². The van der Waals surface area contributed by atoms with Crippen molar-refractivity contribution < 1.29 is 4.74 Å². The number of halogens is 2. The summed E-state index contributed by atoms with van der Waals surface area (Å²) in [6, 6.07) is 11.8. The predicted octanol–water partition coefficient (Wildman–Crippen LogP) is 6.30. The number of hydrogen-bond acceptors (Lipinski definition) is 1. The van der Waals surface area contributed by atoms with Gasteiger partial charge in [0.15, 0.2) is 0 Å². The van der Waals surface area contributed by atoms with Gasteiger partial charge >= 0.3 is 0 Å². The molecule has 0 saturated carbocycles. The molecule has 20 heavy (non-hydrogen) atoms. The Morgan fingerprint density at radius 2 is 1.80 bits per heavy atom. The van der Waals surface area contributed by atoms with Crippen LogP contribution in [0.1, 0.15) is 36.5 Å². The Morgan fingerprint density at radius 1 is 1.05 bits per heavy atom. The SMILES string of the molecule is Cc1ccc(C(C)C)cc1Oc1cc(Cl)ccc1CCl. The monoisotopic (exact) mass is 308 g/mol. The zero-order chi connectivity index (χ0) is 14.7. The summed E-state index contributed by atoms with van der Waals surface area (Å²) in [5, 5.41) is 0.645. The van der Waals surface area contributed by atoms with Crippen LogP contribution in [0.5, 0.6) is 11.5 Å². The second-order valence-electron chi connectivity index (χ2n) is 5.17. The van der Waals surface area contributed by atoms with E-state index in [2.05, 4.69) is 32.0 Å². The van der Waals surface area contributed by atoms with Crippen LogP contribution < -0.4 is 4.74 Å². The fourth-order valence-corrected chi connectivity index (χ4v) is 2.32. The second-order valence-corrected chi connectivity index (χ2v) is 5.87. The van der Waals surface area contributed by atoms with Gasteiger partial charge in [0, 0.05) is 10.6 Å². The Labute approximate surface area is 130 Å². The summed E-state index contributed by atoms with van der Waals surface area (Å²) in [5.74, 6) is 2.43. The first-order valence-corrected chi connectivity index (χ1v) is 7.55. The highest BCUT2D eigenvalue weighted by molar-refractivity contribution is 6.30. The third-order valence-electron chi connectivity index (χ3n) is 3.27. The maximum absolute atomic E-state index is 6.04. The first-order valence-electron chi connectivity index (χ1n) is 6.64. The van der Waals surface area contributed by atoms with Crippen LogP contribution in [-0.2, 0) is 5.88 Å². The lowest BCUT2D eigenvalue weighted by Gasteiger charge is -2.14. The van der Waals surface area contributed by atoms with Gasteiger partial charge in [-0.15, -0.1) is 11.6 Å². The molecule has 0 unspecified atom stereocenters. The van der Waals surface area contributed by atoms with E-state index in [1.807, 2.05) is 19.1 Å². The average molecular weight is 309 g/mol. The van der Waals surface area contributed by atoms with Gasteiger partial charge in [0.25, 0.3) is 0 Å². The van der Waals surface area contributed by atoms with Crippen LogP contribution in [0.25, 0.3) is 0 Å². The Kier molecular flexibility index (Phi) is 4.95. The molecular formula is C17H18Cl2O. The van der Waals surface area contributed by atoms with Gasteiger partial charge in [-0.05, 0) is 42.2 Å². The lowest BCUT2D eigenvalue weighted by atomic mass is 10.0. The minimum absolute atomic E-state index is 0.398. The number of rotatable bonds is 4. The largest absolute Gasteiger partial charge is 0.457 e. The fraction of sp³-hybridized carbons (Fsp3) is 0.294. The quantitative estimate of drug-likeness (QED) is 0.602. The van der Waals surface area contributed by atoms with Gasteiger partial charge in [-0.3, -0.25) is 0 Å². The minimum atomic E-state index is 0.398. The molecule has 0 aliphatic carbocycles. The Bertz CT molecular complexity index is 606. The summed E-state index contributed by atoms with van der Waals surface area (Å²) in [5.41, 5.74) is 3.28. The second kappa shape index (κ2) is 6.51. The van der Waals surface area contributed by atoms with E-state index in [-0.39, 0.29) is 0 Å². The van der Waals surface area contributed by atoms with Crippen LogP contribution in [0.4, 0.5) is 0 Å². The molecule has 3 heteroatoms. The van der Waals surface area contributed by atoms with Crippen molar-refractivity contribution in [2.24, 2.45) is 0 Å².